The van der Waals surface area contributed by atoms with Crippen LogP contribution in [0.2, 0.25) is 0 Å². The van der Waals surface area contributed by atoms with Crippen molar-refractivity contribution in [3.05, 3.63) is 0 Å². The first-order valence-electron chi connectivity index (χ1n) is 4.23. The van der Waals surface area contributed by atoms with E-state index >= 15 is 0 Å². The van der Waals surface area contributed by atoms with E-state index in [0.29, 0.717) is 0 Å². The van der Waals surface area contributed by atoms with Crippen LogP contribution in [-0.2, 0) is 36.2 Å². The molecule has 1 radical (unpaired) electrons. The molecular weight excluding hydrogens is 248 g/mol. The number of carbonyl (C=O) groups is 4. The Bertz CT molecular complexity index is 196. The number of rotatable bonds is 4. The van der Waals surface area contributed by atoms with Gasteiger partial charge in [-0.2, -0.15) is 0 Å². The average molecular weight is 264 g/mol. The summed E-state index contributed by atoms with van der Waals surface area (Å²) >= 11 is 0. The summed E-state index contributed by atoms with van der Waals surface area (Å²) in [6, 6.07) is 0. The molecule has 0 saturated carbocycles. The van der Waals surface area contributed by atoms with E-state index in [1.807, 2.05) is 0 Å². The van der Waals surface area contributed by atoms with Crippen LogP contribution in [-0.4, -0.2) is 23.1 Å². The molecule has 0 atom stereocenters. The van der Waals surface area contributed by atoms with E-state index in [1.165, 1.54) is 27.7 Å². The van der Waals surface area contributed by atoms with Crippen LogP contribution in [0.1, 0.15) is 40.5 Å². The predicted octanol–water partition coefficient (Wildman–Crippen LogP) is 1.11. The largest absolute Gasteiger partial charge is 0.300 e. The van der Waals surface area contributed by atoms with Crippen molar-refractivity contribution >= 4 is 23.1 Å². The molecule has 0 heterocycles. The van der Waals surface area contributed by atoms with Crippen LogP contribution in [0.25, 0.3) is 0 Å². The van der Waals surface area contributed by atoms with Crippen molar-refractivity contribution in [1.82, 2.24) is 0 Å². The first-order chi connectivity index (χ1) is 6.25. The quantitative estimate of drug-likeness (QED) is 0.563. The Morgan fingerprint density at radius 1 is 0.600 bits per heavy atom. The summed E-state index contributed by atoms with van der Waals surface area (Å²) in [4.78, 5) is 40.1. The van der Waals surface area contributed by atoms with E-state index < -0.39 is 0 Å². The van der Waals surface area contributed by atoms with Crippen molar-refractivity contribution < 1.29 is 36.2 Å². The topological polar surface area (TPSA) is 68.3 Å². The van der Waals surface area contributed by atoms with Gasteiger partial charge in [0, 0.05) is 17.1 Å². The normalized spacial score (nSPS) is 7.73. The van der Waals surface area contributed by atoms with Gasteiger partial charge in [0.25, 0.3) is 0 Å². The Balaban J connectivity index is -0.000000180. The molecule has 0 aromatic heterocycles. The van der Waals surface area contributed by atoms with Gasteiger partial charge in [0.1, 0.15) is 23.1 Å². The first-order valence-corrected chi connectivity index (χ1v) is 4.23. The summed E-state index contributed by atoms with van der Waals surface area (Å²) in [5.41, 5.74) is 0. The first kappa shape index (κ1) is 19.7. The Morgan fingerprint density at radius 2 is 0.733 bits per heavy atom. The molecule has 5 heteroatoms. The molecule has 0 aliphatic rings. The summed E-state index contributed by atoms with van der Waals surface area (Å²) in [6.45, 7) is 5.62. The molecule has 0 bridgehead atoms. The van der Waals surface area contributed by atoms with Crippen LogP contribution in [0.5, 0.6) is 0 Å². The minimum Gasteiger partial charge on any atom is -0.300 e. The number of ketones is 4. The molecule has 0 rings (SSSR count). The number of carbonyl (C=O) groups excluding carboxylic acids is 4. The fourth-order valence-corrected chi connectivity index (χ4v) is 0.701. The molecule has 4 nitrogen and oxygen atoms in total. The van der Waals surface area contributed by atoms with Crippen molar-refractivity contribution in [1.29, 1.82) is 0 Å². The van der Waals surface area contributed by atoms with Crippen molar-refractivity contribution in [2.75, 3.05) is 0 Å². The third-order valence-electron chi connectivity index (χ3n) is 0.996. The van der Waals surface area contributed by atoms with E-state index in [-0.39, 0.29) is 53.0 Å². The van der Waals surface area contributed by atoms with Crippen molar-refractivity contribution in [2.45, 2.75) is 40.5 Å². The monoisotopic (exact) mass is 263 g/mol. The van der Waals surface area contributed by atoms with Gasteiger partial charge < -0.3 is 0 Å². The van der Waals surface area contributed by atoms with E-state index in [2.05, 4.69) is 0 Å². The van der Waals surface area contributed by atoms with Crippen LogP contribution >= 0.6 is 0 Å². The standard InChI is InChI=1S/2C5H8O2.Cu/c2*1-4(6)3-5(2)7;/h2*3H2,1-2H3;. The van der Waals surface area contributed by atoms with E-state index in [0.717, 1.165) is 0 Å². The van der Waals surface area contributed by atoms with Gasteiger partial charge in [-0.3, -0.25) is 19.2 Å². The molecule has 91 valence electrons. The molecule has 0 spiro atoms. The Labute approximate surface area is 100 Å². The molecule has 0 aliphatic carbocycles. The van der Waals surface area contributed by atoms with E-state index in [9.17, 15) is 19.2 Å². The van der Waals surface area contributed by atoms with Crippen molar-refractivity contribution in [2.24, 2.45) is 0 Å². The van der Waals surface area contributed by atoms with E-state index in [4.69, 9.17) is 0 Å². The summed E-state index contributed by atoms with van der Waals surface area (Å²) in [5, 5.41) is 0. The van der Waals surface area contributed by atoms with E-state index in [1.54, 1.807) is 0 Å². The van der Waals surface area contributed by atoms with Crippen LogP contribution in [0.3, 0.4) is 0 Å². The molecule has 0 unspecified atom stereocenters. The Kier molecular flexibility index (Phi) is 14.8. The summed E-state index contributed by atoms with van der Waals surface area (Å²) in [6.07, 6.45) is 0.167. The van der Waals surface area contributed by atoms with Gasteiger partial charge >= 0.3 is 0 Å². The Hall–Kier alpha value is -0.801. The second kappa shape index (κ2) is 11.3. The van der Waals surface area contributed by atoms with Crippen LogP contribution in [0, 0.1) is 0 Å². The third kappa shape index (κ3) is 31.9. The molecule has 0 aromatic rings. The van der Waals surface area contributed by atoms with Gasteiger partial charge in [-0.1, -0.05) is 0 Å². The predicted molar refractivity (Wildman–Crippen MR) is 52.0 cm³/mol. The molecule has 0 N–H and O–H groups in total. The minimum atomic E-state index is -0.0625. The third-order valence-corrected chi connectivity index (χ3v) is 0.996. The fraction of sp³-hybridized carbons (Fsp3) is 0.600. The van der Waals surface area contributed by atoms with Crippen LogP contribution in [0.4, 0.5) is 0 Å². The van der Waals surface area contributed by atoms with Gasteiger partial charge in [0.05, 0.1) is 12.8 Å². The fourth-order valence-electron chi connectivity index (χ4n) is 0.701. The van der Waals surface area contributed by atoms with Gasteiger partial charge in [0.15, 0.2) is 0 Å². The zero-order valence-corrected chi connectivity index (χ0v) is 10.3. The second-order valence-corrected chi connectivity index (χ2v) is 3.16. The summed E-state index contributed by atoms with van der Waals surface area (Å²) < 4.78 is 0. The van der Waals surface area contributed by atoms with Crippen molar-refractivity contribution in [3.63, 3.8) is 0 Å². The van der Waals surface area contributed by atoms with Crippen LogP contribution < -0.4 is 0 Å². The SMILES string of the molecule is CC(=O)CC(C)=O.CC(=O)CC(C)=O.[Cu]. The smallest absolute Gasteiger partial charge is 0.137 e. The van der Waals surface area contributed by atoms with Gasteiger partial charge in [-0.15, -0.1) is 0 Å². The molecule has 0 fully saturated rings. The molecule has 0 aromatic carbocycles. The maximum absolute atomic E-state index is 10.0. The second-order valence-electron chi connectivity index (χ2n) is 3.16. The zero-order valence-electron chi connectivity index (χ0n) is 9.35. The average Bonchev–Trinajstić information content (AvgIpc) is 1.79. The molecule has 15 heavy (non-hydrogen) atoms. The number of Topliss-reactive ketones (excluding diaryl/α,β-unsaturated/α-hetero) is 4. The summed E-state index contributed by atoms with van der Waals surface area (Å²) in [5.74, 6) is -0.250. The van der Waals surface area contributed by atoms with Gasteiger partial charge in [-0.25, -0.2) is 0 Å². The maximum atomic E-state index is 10.0. The number of hydrogen-bond acceptors (Lipinski definition) is 4. The summed E-state index contributed by atoms with van der Waals surface area (Å²) in [7, 11) is 0. The zero-order chi connectivity index (χ0) is 11.7. The molecule has 0 saturated heterocycles. The van der Waals surface area contributed by atoms with Crippen molar-refractivity contribution in [3.8, 4) is 0 Å². The molecule has 0 aliphatic heterocycles. The number of hydrogen-bond donors (Lipinski definition) is 0. The van der Waals surface area contributed by atoms with Crippen LogP contribution in [0.15, 0.2) is 0 Å². The van der Waals surface area contributed by atoms with Gasteiger partial charge in [-0.05, 0) is 27.7 Å². The molecular formula is C10H16CuO4. The minimum absolute atomic E-state index is 0. The maximum Gasteiger partial charge on any atom is 0.137 e. The Morgan fingerprint density at radius 3 is 0.733 bits per heavy atom. The molecule has 0 amide bonds. The van der Waals surface area contributed by atoms with Gasteiger partial charge in [0.2, 0.25) is 0 Å².